The Balaban J connectivity index is 1.53. The van der Waals surface area contributed by atoms with E-state index >= 15 is 0 Å². The van der Waals surface area contributed by atoms with E-state index < -0.39 is 35.2 Å². The van der Waals surface area contributed by atoms with E-state index in [4.69, 9.17) is 0 Å². The highest BCUT2D eigenvalue weighted by Crippen LogP contribution is 2.46. The molecule has 0 amide bonds. The van der Waals surface area contributed by atoms with Crippen LogP contribution in [-0.2, 0) is 0 Å². The summed E-state index contributed by atoms with van der Waals surface area (Å²) < 4.78 is 73.2. The third kappa shape index (κ3) is 5.13. The molecule has 0 unspecified atom stereocenters. The van der Waals surface area contributed by atoms with Crippen molar-refractivity contribution in [3.63, 3.8) is 0 Å². The van der Waals surface area contributed by atoms with Crippen LogP contribution in [0.3, 0.4) is 0 Å². The van der Waals surface area contributed by atoms with E-state index in [2.05, 4.69) is 18.2 Å². The molecule has 6 heteroatoms. The van der Waals surface area contributed by atoms with Gasteiger partial charge in [0.25, 0.3) is 0 Å². The second-order valence-electron chi connectivity index (χ2n) is 8.60. The lowest BCUT2D eigenvalue weighted by Gasteiger charge is -2.39. The van der Waals surface area contributed by atoms with Crippen molar-refractivity contribution in [1.29, 1.82) is 0 Å². The molecular weight excluding hydrogens is 387 g/mol. The van der Waals surface area contributed by atoms with Crippen LogP contribution in [-0.4, -0.2) is 6.11 Å². The van der Waals surface area contributed by atoms with Gasteiger partial charge in [-0.3, -0.25) is 0 Å². The maximum absolute atomic E-state index is 14.5. The van der Waals surface area contributed by atoms with Crippen LogP contribution in [0.1, 0.15) is 64.7 Å². The monoisotopic (exact) mass is 416 g/mol. The molecule has 162 valence electrons. The average Bonchev–Trinajstić information content (AvgIpc) is 2.71. The van der Waals surface area contributed by atoms with Gasteiger partial charge in [-0.15, -0.1) is 0 Å². The van der Waals surface area contributed by atoms with Gasteiger partial charge in [0.2, 0.25) is 0 Å². The number of alkyl halides is 2. The Morgan fingerprint density at radius 2 is 1.41 bits per heavy atom. The summed E-state index contributed by atoms with van der Waals surface area (Å²) in [5, 5.41) is 0. The Bertz CT molecular complexity index is 693. The molecule has 2 aliphatic carbocycles. The molecule has 3 rings (SSSR count). The molecule has 0 aliphatic heterocycles. The predicted octanol–water partition coefficient (Wildman–Crippen LogP) is 7.65. The maximum atomic E-state index is 14.5. The number of ether oxygens (including phenoxy) is 1. The van der Waals surface area contributed by atoms with Crippen LogP contribution < -0.4 is 4.74 Å². The molecule has 0 atom stereocenters. The molecule has 1 aromatic carbocycles. The summed E-state index contributed by atoms with van der Waals surface area (Å²) >= 11 is 0. The Hall–Kier alpha value is -1.59. The van der Waals surface area contributed by atoms with E-state index in [1.54, 1.807) is 0 Å². The van der Waals surface area contributed by atoms with Crippen LogP contribution in [0.15, 0.2) is 24.3 Å². The number of benzene rings is 1. The van der Waals surface area contributed by atoms with Gasteiger partial charge in [-0.1, -0.05) is 19.1 Å². The lowest BCUT2D eigenvalue weighted by Crippen LogP contribution is -2.38. The van der Waals surface area contributed by atoms with Crippen LogP contribution >= 0.6 is 0 Å². The minimum Gasteiger partial charge on any atom is -0.432 e. The van der Waals surface area contributed by atoms with E-state index in [0.29, 0.717) is 55.6 Å². The van der Waals surface area contributed by atoms with Gasteiger partial charge >= 0.3 is 6.11 Å². The summed E-state index contributed by atoms with van der Waals surface area (Å²) in [4.78, 5) is 0. The van der Waals surface area contributed by atoms with Gasteiger partial charge in [0, 0.05) is 12.1 Å². The Morgan fingerprint density at radius 1 is 0.931 bits per heavy atom. The molecule has 2 saturated carbocycles. The molecule has 0 spiro atoms. The lowest BCUT2D eigenvalue weighted by atomic mass is 9.68. The van der Waals surface area contributed by atoms with Crippen LogP contribution in [0.5, 0.6) is 5.75 Å². The van der Waals surface area contributed by atoms with Gasteiger partial charge in [-0.05, 0) is 75.5 Å². The molecule has 1 nitrogen and oxygen atoms in total. The average molecular weight is 416 g/mol. The summed E-state index contributed by atoms with van der Waals surface area (Å²) in [5.74, 6) is -4.86. The van der Waals surface area contributed by atoms with Gasteiger partial charge in [0.15, 0.2) is 17.5 Å². The third-order valence-electron chi connectivity index (χ3n) is 6.93. The fourth-order valence-corrected chi connectivity index (χ4v) is 5.05. The second kappa shape index (κ2) is 9.05. The molecule has 0 heterocycles. The molecule has 0 radical (unpaired) electrons. The quantitative estimate of drug-likeness (QED) is 0.263. The lowest BCUT2D eigenvalue weighted by molar-refractivity contribution is -0.224. The van der Waals surface area contributed by atoms with Crippen LogP contribution in [0.4, 0.5) is 22.0 Å². The molecule has 0 saturated heterocycles. The Morgan fingerprint density at radius 3 is 1.90 bits per heavy atom. The summed E-state index contributed by atoms with van der Waals surface area (Å²) in [6, 6.07) is 0.918. The standard InChI is InChI=1S/C23H29F5O/c1-3-14(2)15-4-6-16(7-5-15)17-8-10-18(11-9-17)23(27,28)29-19-12-20(24)22(26)21(25)13-19/h12-13,15-18H,2-11H2,1H3. The van der Waals surface area contributed by atoms with Crippen LogP contribution in [0.25, 0.3) is 0 Å². The predicted molar refractivity (Wildman–Crippen MR) is 102 cm³/mol. The summed E-state index contributed by atoms with van der Waals surface area (Å²) in [6.07, 6.45) is 4.03. The van der Waals surface area contributed by atoms with Crippen molar-refractivity contribution in [1.82, 2.24) is 0 Å². The molecular formula is C23H29F5O. The van der Waals surface area contributed by atoms with Crippen molar-refractivity contribution in [3.05, 3.63) is 41.7 Å². The number of rotatable bonds is 6. The first kappa shape index (κ1) is 22.1. The zero-order valence-corrected chi connectivity index (χ0v) is 16.8. The molecule has 1 aromatic rings. The number of allylic oxidation sites excluding steroid dienone is 1. The fraction of sp³-hybridized carbons (Fsp3) is 0.652. The van der Waals surface area contributed by atoms with E-state index in [1.807, 2.05) is 0 Å². The van der Waals surface area contributed by atoms with E-state index in [9.17, 15) is 22.0 Å². The topological polar surface area (TPSA) is 9.23 Å². The van der Waals surface area contributed by atoms with Gasteiger partial charge < -0.3 is 4.74 Å². The Kier molecular flexibility index (Phi) is 6.90. The fourth-order valence-electron chi connectivity index (χ4n) is 5.05. The number of halogens is 5. The van der Waals surface area contributed by atoms with Crippen molar-refractivity contribution in [3.8, 4) is 5.75 Å². The van der Waals surface area contributed by atoms with Crippen LogP contribution in [0.2, 0.25) is 0 Å². The number of hydrogen-bond acceptors (Lipinski definition) is 1. The van der Waals surface area contributed by atoms with Gasteiger partial charge in [-0.2, -0.15) is 8.78 Å². The van der Waals surface area contributed by atoms with Gasteiger partial charge in [-0.25, -0.2) is 13.2 Å². The third-order valence-corrected chi connectivity index (χ3v) is 6.93. The minimum atomic E-state index is -3.54. The first-order valence-corrected chi connectivity index (χ1v) is 10.6. The maximum Gasteiger partial charge on any atom is 0.400 e. The highest BCUT2D eigenvalue weighted by Gasteiger charge is 2.45. The van der Waals surface area contributed by atoms with Gasteiger partial charge in [0.1, 0.15) is 5.75 Å². The first-order chi connectivity index (χ1) is 13.7. The minimum absolute atomic E-state index is 0.311. The van der Waals surface area contributed by atoms with E-state index in [-0.39, 0.29) is 0 Å². The number of hydrogen-bond donors (Lipinski definition) is 0. The summed E-state index contributed by atoms with van der Waals surface area (Å²) in [7, 11) is 0. The molecule has 29 heavy (non-hydrogen) atoms. The van der Waals surface area contributed by atoms with Crippen molar-refractivity contribution >= 4 is 0 Å². The highest BCUT2D eigenvalue weighted by atomic mass is 19.3. The molecule has 0 aromatic heterocycles. The Labute approximate surface area is 169 Å². The highest BCUT2D eigenvalue weighted by molar-refractivity contribution is 5.25. The molecule has 2 fully saturated rings. The molecule has 0 N–H and O–H groups in total. The largest absolute Gasteiger partial charge is 0.432 e. The SMILES string of the molecule is C=C(CC)C1CCC(C2CCC(C(F)(F)Oc3cc(F)c(F)c(F)c3)CC2)CC1. The molecule has 2 aliphatic rings. The van der Waals surface area contributed by atoms with Gasteiger partial charge in [0.05, 0.1) is 5.92 Å². The zero-order chi connectivity index (χ0) is 21.2. The zero-order valence-electron chi connectivity index (χ0n) is 16.8. The van der Waals surface area contributed by atoms with E-state index in [0.717, 1.165) is 32.1 Å². The van der Waals surface area contributed by atoms with Crippen molar-refractivity contribution in [2.24, 2.45) is 23.7 Å². The summed E-state index contributed by atoms with van der Waals surface area (Å²) in [5.41, 5.74) is 1.32. The van der Waals surface area contributed by atoms with Crippen molar-refractivity contribution in [2.45, 2.75) is 70.8 Å². The van der Waals surface area contributed by atoms with Crippen molar-refractivity contribution in [2.75, 3.05) is 0 Å². The first-order valence-electron chi connectivity index (χ1n) is 10.6. The summed E-state index contributed by atoms with van der Waals surface area (Å²) in [6.45, 7) is 6.29. The molecule has 0 bridgehead atoms. The normalized spacial score (nSPS) is 28.2. The van der Waals surface area contributed by atoms with Crippen LogP contribution in [0, 0.1) is 41.1 Å². The van der Waals surface area contributed by atoms with E-state index in [1.165, 1.54) is 5.57 Å². The van der Waals surface area contributed by atoms with Crippen molar-refractivity contribution < 1.29 is 26.7 Å². The second-order valence-corrected chi connectivity index (χ2v) is 8.60. The smallest absolute Gasteiger partial charge is 0.400 e.